The summed E-state index contributed by atoms with van der Waals surface area (Å²) >= 11 is 0. The van der Waals surface area contributed by atoms with Crippen LogP contribution >= 0.6 is 0 Å². The van der Waals surface area contributed by atoms with Crippen LogP contribution in [-0.4, -0.2) is 152 Å². The Bertz CT molecular complexity index is 887. The van der Waals surface area contributed by atoms with Gasteiger partial charge in [0.1, 0.15) is 0 Å². The molecular formula is C50H105N3O10. The molecule has 0 aromatic rings. The number of ether oxygens (including phenoxy) is 2. The van der Waals surface area contributed by atoms with E-state index < -0.39 is 0 Å². The van der Waals surface area contributed by atoms with Crippen molar-refractivity contribution in [3.63, 3.8) is 0 Å². The van der Waals surface area contributed by atoms with Gasteiger partial charge < -0.3 is 55.6 Å². The molecule has 2 atom stereocenters. The normalized spacial score (nSPS) is 21.6. The van der Waals surface area contributed by atoms with E-state index in [4.69, 9.17) is 45.8 Å². The molecule has 0 spiro atoms. The molecule has 13 heteroatoms. The summed E-state index contributed by atoms with van der Waals surface area (Å²) in [5.41, 5.74) is 4.86. The van der Waals surface area contributed by atoms with E-state index in [9.17, 15) is 9.59 Å². The Balaban J connectivity index is -0.000000624. The molecule has 10 aliphatic rings. The summed E-state index contributed by atoms with van der Waals surface area (Å²) in [5, 5.41) is 48.7. The molecule has 7 saturated carbocycles. The van der Waals surface area contributed by atoms with Crippen molar-refractivity contribution in [1.82, 2.24) is 9.80 Å². The highest BCUT2D eigenvalue weighted by molar-refractivity contribution is 5.78. The van der Waals surface area contributed by atoms with Gasteiger partial charge in [-0.25, -0.2) is 0 Å². The van der Waals surface area contributed by atoms with Crippen molar-refractivity contribution in [2.45, 2.75) is 176 Å². The lowest BCUT2D eigenvalue weighted by atomic mass is 10.0. The molecule has 3 aliphatic heterocycles. The fourth-order valence-electron chi connectivity index (χ4n) is 3.68. The van der Waals surface area contributed by atoms with E-state index in [1.807, 2.05) is 11.8 Å². The summed E-state index contributed by atoms with van der Waals surface area (Å²) in [6.45, 7) is 19.1. The van der Waals surface area contributed by atoms with Crippen molar-refractivity contribution in [2.24, 2.45) is 41.2 Å². The van der Waals surface area contributed by atoms with Crippen molar-refractivity contribution in [1.29, 1.82) is 0 Å². The topological polar surface area (TPSA) is 206 Å². The third kappa shape index (κ3) is 62.7. The van der Waals surface area contributed by atoms with Crippen LogP contribution < -0.4 is 5.73 Å². The Labute approximate surface area is 387 Å². The summed E-state index contributed by atoms with van der Waals surface area (Å²) < 4.78 is 9.59. The van der Waals surface area contributed by atoms with Crippen LogP contribution in [-0.2, 0) is 19.1 Å². The molecule has 380 valence electrons. The number of primary amides is 1. The maximum Gasteiger partial charge on any atom is 0.220 e. The van der Waals surface area contributed by atoms with E-state index in [0.717, 1.165) is 70.4 Å². The molecule has 0 aromatic carbocycles. The molecule has 2 amide bonds. The molecule has 10 rings (SSSR count). The number of amides is 2. The van der Waals surface area contributed by atoms with Crippen LogP contribution in [0, 0.1) is 35.5 Å². The lowest BCUT2D eigenvalue weighted by molar-refractivity contribution is -0.132. The highest BCUT2D eigenvalue weighted by atomic mass is 16.5. The van der Waals surface area contributed by atoms with Crippen LogP contribution in [0.1, 0.15) is 176 Å². The van der Waals surface area contributed by atoms with Crippen LogP contribution in [0.25, 0.3) is 0 Å². The first-order valence-electron chi connectivity index (χ1n) is 25.3. The van der Waals surface area contributed by atoms with Gasteiger partial charge in [-0.05, 0) is 127 Å². The second-order valence-corrected chi connectivity index (χ2v) is 18.2. The number of aliphatic hydroxyl groups excluding tert-OH is 6. The molecule has 2 unspecified atom stereocenters. The SMILES string of the molecule is C1CC1.C1CCC1.C1COC1.CC(=O)N1CCC1.CC1CC1.CCC.CCCO.CN1CCC1.COCC1CC1.NC(=O)C1CC1.OCC1CC1.OCC1CC1CO.OCCCO. The molecule has 8 N–H and O–H groups in total. The quantitative estimate of drug-likeness (QED) is 0.123. The second kappa shape index (κ2) is 50.0. The van der Waals surface area contributed by atoms with Crippen molar-refractivity contribution in [3.8, 4) is 0 Å². The fraction of sp³-hybridized carbons (Fsp3) is 0.960. The van der Waals surface area contributed by atoms with Gasteiger partial charge in [-0.3, -0.25) is 9.59 Å². The molecule has 0 radical (unpaired) electrons. The third-order valence-corrected chi connectivity index (χ3v) is 10.3. The van der Waals surface area contributed by atoms with Gasteiger partial charge >= 0.3 is 0 Å². The molecule has 63 heavy (non-hydrogen) atoms. The maximum absolute atomic E-state index is 10.4. The Morgan fingerprint density at radius 1 is 0.635 bits per heavy atom. The summed E-state index contributed by atoms with van der Waals surface area (Å²) in [4.78, 5) is 24.5. The maximum atomic E-state index is 10.4. The zero-order valence-corrected chi connectivity index (χ0v) is 42.0. The summed E-state index contributed by atoms with van der Waals surface area (Å²) in [6.07, 6.45) is 28.4. The van der Waals surface area contributed by atoms with Crippen molar-refractivity contribution >= 4 is 11.8 Å². The first-order chi connectivity index (χ1) is 30.4. The minimum atomic E-state index is -0.130. The summed E-state index contributed by atoms with van der Waals surface area (Å²) in [5.74, 6) is 3.87. The largest absolute Gasteiger partial charge is 0.396 e. The number of rotatable bonds is 9. The predicted octanol–water partition coefficient (Wildman–Crippen LogP) is 7.20. The van der Waals surface area contributed by atoms with Crippen molar-refractivity contribution < 1.29 is 49.7 Å². The van der Waals surface area contributed by atoms with Gasteiger partial charge in [-0.1, -0.05) is 91.9 Å². The molecule has 10 fully saturated rings. The van der Waals surface area contributed by atoms with Gasteiger partial charge in [0.05, 0.1) is 0 Å². The van der Waals surface area contributed by atoms with Gasteiger partial charge in [0, 0.05) is 92.5 Å². The summed E-state index contributed by atoms with van der Waals surface area (Å²) in [6, 6.07) is 0. The lowest BCUT2D eigenvalue weighted by Gasteiger charge is -2.29. The Hall–Kier alpha value is -1.42. The van der Waals surface area contributed by atoms with Gasteiger partial charge in [0.25, 0.3) is 0 Å². The molecule has 0 bridgehead atoms. The average Bonchev–Trinajstić information content (AvgIpc) is 3.97. The zero-order valence-electron chi connectivity index (χ0n) is 42.0. The number of aliphatic hydroxyl groups is 6. The number of likely N-dealkylation sites (tertiary alicyclic amines) is 2. The standard InChI is InChI=1S/C5H9NO.C5H10O2.C5H10O.C4H7NO.C4H9N.C4H8O.2C4H8.C3H8O2.C3H6O.C3H8O.C3H6.C3H8/c1-5(7)6-3-2-4-6;6-2-4-1-5(4)3-7;1-6-4-5-2-3-5;5-4(6)3-1-2-3;1-5-3-2-4-5;5-3-4-1-2-4;1-4-2-3-4;1-2-4-3-1;4-2-1-3-5;1-2-4-3-1;1-2-3-4;1-2-3-1;1-3-2/h2-4H2,1H3;4-7H,1-3H2;5H,2-4H2,1H3;3H,1-2H2,(H2,5,6);2-4H2,1H3;4-5H,1-3H2;4H,2-3H2,1H3;1-4H2;4-5H,1-3H2;1-3H2;4H,2-3H2,1H3;1-3H2;3H2,1-2H3. The van der Waals surface area contributed by atoms with E-state index in [0.29, 0.717) is 37.4 Å². The van der Waals surface area contributed by atoms with E-state index in [1.165, 1.54) is 122 Å². The van der Waals surface area contributed by atoms with Crippen LogP contribution in [0.2, 0.25) is 0 Å². The van der Waals surface area contributed by atoms with E-state index in [-0.39, 0.29) is 44.2 Å². The first-order valence-corrected chi connectivity index (χ1v) is 25.3. The van der Waals surface area contributed by atoms with Gasteiger partial charge in [-0.15, -0.1) is 0 Å². The summed E-state index contributed by atoms with van der Waals surface area (Å²) in [7, 11) is 3.90. The van der Waals surface area contributed by atoms with Crippen LogP contribution in [0.3, 0.4) is 0 Å². The van der Waals surface area contributed by atoms with Gasteiger partial charge in [-0.2, -0.15) is 0 Å². The minimum absolute atomic E-state index is 0.0938. The number of carbonyl (C=O) groups is 2. The first kappa shape index (κ1) is 65.9. The second-order valence-electron chi connectivity index (χ2n) is 18.2. The number of hydrogen-bond donors (Lipinski definition) is 7. The van der Waals surface area contributed by atoms with Gasteiger partial charge in [0.2, 0.25) is 11.8 Å². The minimum Gasteiger partial charge on any atom is -0.396 e. The molecule has 3 saturated heterocycles. The highest BCUT2D eigenvalue weighted by Crippen LogP contribution is 2.36. The Morgan fingerprint density at radius 2 is 1.00 bits per heavy atom. The third-order valence-electron chi connectivity index (χ3n) is 10.3. The number of nitrogens with zero attached hydrogens (tertiary/aromatic N) is 2. The van der Waals surface area contributed by atoms with Crippen molar-refractivity contribution in [2.75, 3.05) is 99.8 Å². The smallest absolute Gasteiger partial charge is 0.220 e. The van der Waals surface area contributed by atoms with Crippen molar-refractivity contribution in [3.05, 3.63) is 0 Å². The molecule has 0 aromatic heterocycles. The fourth-order valence-corrected chi connectivity index (χ4v) is 3.68. The van der Waals surface area contributed by atoms with Crippen LogP contribution in [0.15, 0.2) is 0 Å². The molecule has 13 nitrogen and oxygen atoms in total. The van der Waals surface area contributed by atoms with Gasteiger partial charge in [0.15, 0.2) is 0 Å². The van der Waals surface area contributed by atoms with E-state index >= 15 is 0 Å². The van der Waals surface area contributed by atoms with Crippen LogP contribution in [0.4, 0.5) is 0 Å². The van der Waals surface area contributed by atoms with E-state index in [2.05, 4.69) is 32.7 Å². The number of carbonyl (C=O) groups excluding carboxylic acids is 2. The molecule has 7 aliphatic carbocycles. The predicted molar refractivity (Wildman–Crippen MR) is 259 cm³/mol. The monoisotopic (exact) mass is 908 g/mol. The molecular weight excluding hydrogens is 803 g/mol. The van der Waals surface area contributed by atoms with E-state index in [1.54, 1.807) is 14.0 Å². The Morgan fingerprint density at radius 3 is 1.03 bits per heavy atom. The number of methoxy groups -OCH3 is 1. The Kier molecular flexibility index (Phi) is 52.3. The zero-order chi connectivity index (χ0) is 47.9. The average molecular weight is 908 g/mol. The lowest BCUT2D eigenvalue weighted by Crippen LogP contribution is -2.40. The van der Waals surface area contributed by atoms with Crippen LogP contribution in [0.5, 0.6) is 0 Å². The highest BCUT2D eigenvalue weighted by Gasteiger charge is 2.35. The molecule has 3 heterocycles. The number of nitrogens with two attached hydrogens (primary N) is 1. The number of hydrogen-bond acceptors (Lipinski definition) is 11.